The summed E-state index contributed by atoms with van der Waals surface area (Å²) in [6, 6.07) is 106. The average Bonchev–Trinajstić information content (AvgIpc) is 1.15. The Hall–Kier alpha value is -11.1. The predicted octanol–water partition coefficient (Wildman–Crippen LogP) is 23.6. The van der Waals surface area contributed by atoms with E-state index in [-0.39, 0.29) is 23.0 Å². The third kappa shape index (κ3) is 9.83. The first-order chi connectivity index (χ1) is 46.5. The van der Waals surface area contributed by atoms with Gasteiger partial charge in [0.15, 0.2) is 0 Å². The van der Waals surface area contributed by atoms with E-state index in [0.29, 0.717) is 0 Å². The summed E-state index contributed by atoms with van der Waals surface area (Å²) in [4.78, 5) is 7.64. The first kappa shape index (κ1) is 58.7. The fourth-order valence-electron chi connectivity index (χ4n) is 15.1. The molecule has 6 heteroatoms. The third-order valence-electron chi connectivity index (χ3n) is 20.1. The van der Waals surface area contributed by atoms with Crippen molar-refractivity contribution in [2.24, 2.45) is 0 Å². The average molecular weight is 1240 g/mol. The molecule has 0 saturated heterocycles. The minimum absolute atomic E-state index is 0.0200. The maximum absolute atomic E-state index is 6.88. The highest BCUT2D eigenvalue weighted by molar-refractivity contribution is 7.00. The minimum atomic E-state index is -0.264. The topological polar surface area (TPSA) is 36.0 Å². The van der Waals surface area contributed by atoms with Crippen molar-refractivity contribution in [2.45, 2.75) is 78.6 Å². The summed E-state index contributed by atoms with van der Waals surface area (Å²) < 4.78 is 13.5. The van der Waals surface area contributed by atoms with Gasteiger partial charge in [0.05, 0.1) is 5.69 Å². The second-order valence-electron chi connectivity index (χ2n) is 29.3. The van der Waals surface area contributed by atoms with Gasteiger partial charge in [0.2, 0.25) is 0 Å². The van der Waals surface area contributed by atoms with Crippen LogP contribution in [0.15, 0.2) is 294 Å². The molecule has 0 bridgehead atoms. The normalized spacial score (nSPS) is 13.0. The molecule has 0 atom stereocenters. The van der Waals surface area contributed by atoms with Crippen molar-refractivity contribution in [1.82, 2.24) is 0 Å². The molecule has 0 N–H and O–H groups in total. The fraction of sp³-hybridized carbons (Fsp3) is 0.133. The zero-order valence-corrected chi connectivity index (χ0v) is 55.9. The molecule has 0 radical (unpaired) electrons. The van der Waals surface area contributed by atoms with E-state index in [1.165, 1.54) is 38.6 Å². The molecule has 464 valence electrons. The standard InChI is InChI=1S/C90H74BN3O2/c1-88(2,3)62-38-44-65(45-39-62)92(66-46-40-63(41-47-66)89(4,5)6)68-48-49-76-80(56-68)94(78-50-36-60(57-22-12-10-13-23-57)52-75(78)58-24-14-11-15-25-58)82-55-64(90(7,8)9)54-81-85(82)91(76)77-53-61(70-29-21-31-74-72-27-17-19-33-84(72)96-87(70)74)37-51-79(77)93(81)67-42-34-59(35-43-67)69-28-20-30-73-71-26-16-18-32-83(71)95-86(69)73/h10-56H,1-9H3. The van der Waals surface area contributed by atoms with Crippen LogP contribution in [-0.4, -0.2) is 6.71 Å². The number of rotatable bonds is 9. The molecule has 17 rings (SSSR count). The minimum Gasteiger partial charge on any atom is -0.455 e. The molecule has 5 nitrogen and oxygen atoms in total. The quantitative estimate of drug-likeness (QED) is 0.135. The Morgan fingerprint density at radius 1 is 0.292 bits per heavy atom. The van der Waals surface area contributed by atoms with Gasteiger partial charge >= 0.3 is 0 Å². The molecule has 0 saturated carbocycles. The second-order valence-corrected chi connectivity index (χ2v) is 29.3. The highest BCUT2D eigenvalue weighted by atomic mass is 16.3. The Labute approximate surface area is 563 Å². The van der Waals surface area contributed by atoms with Gasteiger partial charge in [-0.05, 0) is 168 Å². The zero-order valence-electron chi connectivity index (χ0n) is 55.9. The van der Waals surface area contributed by atoms with Crippen LogP contribution in [0.2, 0.25) is 0 Å². The van der Waals surface area contributed by atoms with Gasteiger partial charge in [-0.25, -0.2) is 0 Å². The molecule has 0 fully saturated rings. The van der Waals surface area contributed by atoms with Gasteiger partial charge in [0.1, 0.15) is 22.3 Å². The molecule has 4 heterocycles. The van der Waals surface area contributed by atoms with Gasteiger partial charge < -0.3 is 23.5 Å². The lowest BCUT2D eigenvalue weighted by Gasteiger charge is -2.46. The van der Waals surface area contributed by atoms with Gasteiger partial charge in [0.25, 0.3) is 6.71 Å². The van der Waals surface area contributed by atoms with Crippen LogP contribution >= 0.6 is 0 Å². The summed E-state index contributed by atoms with van der Waals surface area (Å²) in [5.41, 5.74) is 29.5. The molecule has 0 unspecified atom stereocenters. The molecule has 2 aromatic heterocycles. The molecule has 0 aliphatic carbocycles. The first-order valence-electron chi connectivity index (χ1n) is 33.7. The van der Waals surface area contributed by atoms with Crippen molar-refractivity contribution in [2.75, 3.05) is 14.7 Å². The molecule has 13 aromatic carbocycles. The van der Waals surface area contributed by atoms with E-state index in [2.05, 4.69) is 356 Å². The van der Waals surface area contributed by atoms with Crippen LogP contribution in [0.5, 0.6) is 0 Å². The molecular weight excluding hydrogens is 1170 g/mol. The summed E-state index contributed by atoms with van der Waals surface area (Å²) in [6.45, 7) is 20.6. The second kappa shape index (κ2) is 22.3. The van der Waals surface area contributed by atoms with Crippen LogP contribution in [-0.2, 0) is 16.2 Å². The SMILES string of the molecule is CC(C)(C)c1ccc(N(c2ccc(C(C)(C)C)cc2)c2ccc3c(c2)N(c2ccc(-c4ccccc4)cc2-c2ccccc2)c2cc(C(C)(C)C)cc4c2B3c2cc(-c3cccc5c3oc3ccccc35)ccc2N4c2ccc(-c3cccc4c3oc3ccccc34)cc2)cc1. The van der Waals surface area contributed by atoms with Crippen molar-refractivity contribution in [3.8, 4) is 44.5 Å². The van der Waals surface area contributed by atoms with Gasteiger partial charge in [0, 0.05) is 83.7 Å². The van der Waals surface area contributed by atoms with Crippen LogP contribution < -0.4 is 31.1 Å². The highest BCUT2D eigenvalue weighted by Crippen LogP contribution is 2.52. The number of furan rings is 2. The van der Waals surface area contributed by atoms with E-state index < -0.39 is 0 Å². The van der Waals surface area contributed by atoms with Gasteiger partial charge in [-0.1, -0.05) is 256 Å². The van der Waals surface area contributed by atoms with Crippen molar-refractivity contribution in [3.63, 3.8) is 0 Å². The molecule has 0 spiro atoms. The highest BCUT2D eigenvalue weighted by Gasteiger charge is 2.45. The van der Waals surface area contributed by atoms with Crippen LogP contribution in [0.3, 0.4) is 0 Å². The Bertz CT molecular complexity index is 5470. The lowest BCUT2D eigenvalue weighted by atomic mass is 9.33. The predicted molar refractivity (Wildman–Crippen MR) is 408 cm³/mol. The number of hydrogen-bond donors (Lipinski definition) is 0. The van der Waals surface area contributed by atoms with Gasteiger partial charge in [-0.15, -0.1) is 0 Å². The number of hydrogen-bond acceptors (Lipinski definition) is 5. The molecule has 0 amide bonds. The summed E-state index contributed by atoms with van der Waals surface area (Å²) in [6.07, 6.45) is 0. The number of anilines is 9. The Kier molecular flexibility index (Phi) is 13.6. The van der Waals surface area contributed by atoms with Crippen LogP contribution in [0, 0.1) is 0 Å². The lowest BCUT2D eigenvalue weighted by Crippen LogP contribution is -2.61. The van der Waals surface area contributed by atoms with Crippen LogP contribution in [0.25, 0.3) is 88.4 Å². The Balaban J connectivity index is 0.952. The zero-order chi connectivity index (χ0) is 65.4. The molecule has 2 aliphatic rings. The summed E-state index contributed by atoms with van der Waals surface area (Å²) in [5.74, 6) is 0. The van der Waals surface area contributed by atoms with E-state index in [9.17, 15) is 0 Å². The van der Waals surface area contributed by atoms with E-state index >= 15 is 0 Å². The largest absolute Gasteiger partial charge is 0.455 e. The van der Waals surface area contributed by atoms with E-state index in [1.54, 1.807) is 0 Å². The number of fused-ring (bicyclic) bond motifs is 10. The van der Waals surface area contributed by atoms with Crippen LogP contribution in [0.4, 0.5) is 51.2 Å². The van der Waals surface area contributed by atoms with Crippen molar-refractivity contribution in [1.29, 1.82) is 0 Å². The van der Waals surface area contributed by atoms with E-state index in [0.717, 1.165) is 134 Å². The summed E-state index contributed by atoms with van der Waals surface area (Å²) >= 11 is 0. The maximum atomic E-state index is 6.88. The van der Waals surface area contributed by atoms with Crippen molar-refractivity contribution < 1.29 is 8.83 Å². The van der Waals surface area contributed by atoms with E-state index in [1.807, 2.05) is 6.07 Å². The van der Waals surface area contributed by atoms with Crippen molar-refractivity contribution in [3.05, 3.63) is 302 Å². The lowest BCUT2D eigenvalue weighted by molar-refractivity contribution is 0.590. The maximum Gasteiger partial charge on any atom is 0.252 e. The van der Waals surface area contributed by atoms with Gasteiger partial charge in [-0.2, -0.15) is 0 Å². The molecule has 96 heavy (non-hydrogen) atoms. The summed E-state index contributed by atoms with van der Waals surface area (Å²) in [5, 5.41) is 4.45. The smallest absolute Gasteiger partial charge is 0.252 e. The molecular formula is C90H74BN3O2. The van der Waals surface area contributed by atoms with Crippen LogP contribution in [0.1, 0.15) is 79.0 Å². The fourth-order valence-corrected chi connectivity index (χ4v) is 15.1. The molecule has 15 aromatic rings. The van der Waals surface area contributed by atoms with Crippen molar-refractivity contribution >= 4 is 118 Å². The monoisotopic (exact) mass is 1240 g/mol. The van der Waals surface area contributed by atoms with Gasteiger partial charge in [-0.3, -0.25) is 0 Å². The Morgan fingerprint density at radius 3 is 1.33 bits per heavy atom. The van der Waals surface area contributed by atoms with E-state index in [4.69, 9.17) is 8.83 Å². The molecule has 2 aliphatic heterocycles. The number of benzene rings is 13. The summed E-state index contributed by atoms with van der Waals surface area (Å²) in [7, 11) is 0. The Morgan fingerprint density at radius 2 is 0.760 bits per heavy atom. The first-order valence-corrected chi connectivity index (χ1v) is 33.7. The number of para-hydroxylation sites is 4. The number of nitrogens with zero attached hydrogens (tertiary/aromatic N) is 3. The third-order valence-corrected chi connectivity index (χ3v) is 20.1.